The summed E-state index contributed by atoms with van der Waals surface area (Å²) in [5, 5.41) is 2.50. The molecule has 20 heavy (non-hydrogen) atoms. The molecule has 3 N–H and O–H groups in total. The number of amides is 1. The van der Waals surface area contributed by atoms with Crippen molar-refractivity contribution in [1.29, 1.82) is 0 Å². The Labute approximate surface area is 115 Å². The van der Waals surface area contributed by atoms with Crippen LogP contribution in [0, 0.1) is 0 Å². The van der Waals surface area contributed by atoms with Gasteiger partial charge < -0.3 is 15.8 Å². The van der Waals surface area contributed by atoms with Crippen molar-refractivity contribution in [2.75, 3.05) is 13.7 Å². The summed E-state index contributed by atoms with van der Waals surface area (Å²) in [5.74, 6) is -1.05. The van der Waals surface area contributed by atoms with E-state index in [1.165, 1.54) is 25.3 Å². The molecule has 0 radical (unpaired) electrons. The third-order valence-electron chi connectivity index (χ3n) is 2.68. The van der Waals surface area contributed by atoms with Gasteiger partial charge in [0.2, 0.25) is 5.91 Å². The zero-order valence-electron chi connectivity index (χ0n) is 10.9. The average Bonchev–Trinajstić information content (AvgIpc) is 2.46. The highest BCUT2D eigenvalue weighted by Gasteiger charge is 2.19. The molecule has 0 saturated carbocycles. The molecule has 1 atom stereocenters. The smallest absolute Gasteiger partial charge is 0.307 e. The van der Waals surface area contributed by atoms with Crippen LogP contribution in [0.25, 0.3) is 0 Å². The van der Waals surface area contributed by atoms with Gasteiger partial charge in [-0.1, -0.05) is 18.2 Å². The molecule has 0 unspecified atom stereocenters. The van der Waals surface area contributed by atoms with E-state index < -0.39 is 24.3 Å². The Morgan fingerprint density at radius 3 is 2.55 bits per heavy atom. The minimum atomic E-state index is -2.63. The third kappa shape index (κ3) is 4.58. The summed E-state index contributed by atoms with van der Waals surface area (Å²) < 4.78 is 29.9. The molecule has 0 aliphatic rings. The molecule has 0 fully saturated rings. The number of alkyl halides is 2. The normalized spacial score (nSPS) is 12.1. The summed E-state index contributed by atoms with van der Waals surface area (Å²) >= 11 is 0. The first-order valence-electron chi connectivity index (χ1n) is 5.92. The Morgan fingerprint density at radius 2 is 2.00 bits per heavy atom. The fraction of sp³-hybridized carbons (Fsp3) is 0.385. The number of carbonyl (C=O) groups is 2. The predicted octanol–water partition coefficient (Wildman–Crippen LogP) is 1.30. The molecular formula is C13H16F2N2O3. The lowest BCUT2D eigenvalue weighted by atomic mass is 10.0. The second kappa shape index (κ2) is 7.54. The van der Waals surface area contributed by atoms with Crippen molar-refractivity contribution in [3.63, 3.8) is 0 Å². The Bertz CT molecular complexity index is 462. The summed E-state index contributed by atoms with van der Waals surface area (Å²) in [6.45, 7) is -0.258. The van der Waals surface area contributed by atoms with Crippen molar-refractivity contribution in [3.8, 4) is 0 Å². The monoisotopic (exact) mass is 286 g/mol. The molecule has 0 aromatic heterocycles. The van der Waals surface area contributed by atoms with Gasteiger partial charge in [-0.15, -0.1) is 0 Å². The van der Waals surface area contributed by atoms with E-state index >= 15 is 0 Å². The molecule has 1 aromatic carbocycles. The minimum Gasteiger partial charge on any atom is -0.469 e. The van der Waals surface area contributed by atoms with Gasteiger partial charge in [0.25, 0.3) is 6.43 Å². The largest absolute Gasteiger partial charge is 0.469 e. The van der Waals surface area contributed by atoms with Crippen molar-refractivity contribution in [3.05, 3.63) is 35.4 Å². The number of rotatable bonds is 6. The van der Waals surface area contributed by atoms with Gasteiger partial charge in [0, 0.05) is 5.56 Å². The molecule has 0 heterocycles. The molecule has 0 spiro atoms. The number of benzene rings is 1. The topological polar surface area (TPSA) is 81.4 Å². The first-order chi connectivity index (χ1) is 9.47. The molecule has 0 bridgehead atoms. The molecule has 5 nitrogen and oxygen atoms in total. The van der Waals surface area contributed by atoms with Gasteiger partial charge >= 0.3 is 5.97 Å². The Morgan fingerprint density at radius 1 is 1.35 bits per heavy atom. The SMILES string of the molecule is COC(=O)C[C@H](NC(=O)CN)c1cccc(C(F)F)c1. The van der Waals surface area contributed by atoms with E-state index in [0.717, 1.165) is 0 Å². The first-order valence-corrected chi connectivity index (χ1v) is 5.92. The second-order valence-corrected chi connectivity index (χ2v) is 4.08. The number of carbonyl (C=O) groups excluding carboxylic acids is 2. The van der Waals surface area contributed by atoms with E-state index in [2.05, 4.69) is 10.1 Å². The Hall–Kier alpha value is -2.02. The van der Waals surface area contributed by atoms with Crippen LogP contribution in [0.3, 0.4) is 0 Å². The van der Waals surface area contributed by atoms with Crippen molar-refractivity contribution in [2.24, 2.45) is 5.73 Å². The van der Waals surface area contributed by atoms with Gasteiger partial charge in [-0.3, -0.25) is 9.59 Å². The third-order valence-corrected chi connectivity index (χ3v) is 2.68. The van der Waals surface area contributed by atoms with Gasteiger partial charge in [0.05, 0.1) is 26.1 Å². The molecule has 110 valence electrons. The van der Waals surface area contributed by atoms with Crippen LogP contribution in [0.4, 0.5) is 8.78 Å². The van der Waals surface area contributed by atoms with Gasteiger partial charge in [-0.2, -0.15) is 0 Å². The van der Waals surface area contributed by atoms with Crippen molar-refractivity contribution < 1.29 is 23.1 Å². The maximum absolute atomic E-state index is 12.7. The highest BCUT2D eigenvalue weighted by Crippen LogP contribution is 2.24. The van der Waals surface area contributed by atoms with Gasteiger partial charge in [-0.05, 0) is 11.6 Å². The summed E-state index contributed by atoms with van der Waals surface area (Å²) in [6.07, 6.45) is -2.78. The lowest BCUT2D eigenvalue weighted by Gasteiger charge is -2.18. The summed E-state index contributed by atoms with van der Waals surface area (Å²) in [4.78, 5) is 22.7. The number of nitrogens with one attached hydrogen (secondary N) is 1. The Balaban J connectivity index is 2.99. The van der Waals surface area contributed by atoms with Crippen LogP contribution in [0.15, 0.2) is 24.3 Å². The highest BCUT2D eigenvalue weighted by molar-refractivity contribution is 5.79. The van der Waals surface area contributed by atoms with Crippen LogP contribution < -0.4 is 11.1 Å². The quantitative estimate of drug-likeness (QED) is 0.772. The van der Waals surface area contributed by atoms with Gasteiger partial charge in [-0.25, -0.2) is 8.78 Å². The van der Waals surface area contributed by atoms with E-state index in [0.29, 0.717) is 5.56 Å². The molecule has 0 aliphatic heterocycles. The zero-order chi connectivity index (χ0) is 15.1. The summed E-state index contributed by atoms with van der Waals surface area (Å²) in [7, 11) is 1.21. The fourth-order valence-corrected chi connectivity index (χ4v) is 1.67. The lowest BCUT2D eigenvalue weighted by Crippen LogP contribution is -2.35. The number of halogens is 2. The number of methoxy groups -OCH3 is 1. The molecule has 7 heteroatoms. The van der Waals surface area contributed by atoms with Crippen molar-refractivity contribution in [1.82, 2.24) is 5.32 Å². The number of hydrogen-bond acceptors (Lipinski definition) is 4. The first kappa shape index (κ1) is 16.0. The number of hydrogen-bond donors (Lipinski definition) is 2. The van der Waals surface area contributed by atoms with Crippen LogP contribution in [0.1, 0.15) is 30.0 Å². The number of ether oxygens (including phenoxy) is 1. The lowest BCUT2D eigenvalue weighted by molar-refractivity contribution is -0.141. The Kier molecular flexibility index (Phi) is 6.05. The molecule has 0 saturated heterocycles. The minimum absolute atomic E-state index is 0.158. The van der Waals surface area contributed by atoms with Crippen LogP contribution in [0.5, 0.6) is 0 Å². The van der Waals surface area contributed by atoms with Crippen molar-refractivity contribution >= 4 is 11.9 Å². The van der Waals surface area contributed by atoms with E-state index in [1.807, 2.05) is 0 Å². The highest BCUT2D eigenvalue weighted by atomic mass is 19.3. The predicted molar refractivity (Wildman–Crippen MR) is 68.0 cm³/mol. The van der Waals surface area contributed by atoms with Crippen LogP contribution in [0.2, 0.25) is 0 Å². The van der Waals surface area contributed by atoms with E-state index in [-0.39, 0.29) is 18.5 Å². The number of nitrogens with two attached hydrogens (primary N) is 1. The summed E-state index contributed by atoms with van der Waals surface area (Å²) in [6, 6.07) is 4.76. The van der Waals surface area contributed by atoms with E-state index in [9.17, 15) is 18.4 Å². The van der Waals surface area contributed by atoms with Crippen LogP contribution in [-0.2, 0) is 14.3 Å². The molecule has 1 amide bonds. The second-order valence-electron chi connectivity index (χ2n) is 4.08. The molecule has 0 aliphatic carbocycles. The van der Waals surface area contributed by atoms with E-state index in [1.54, 1.807) is 6.07 Å². The van der Waals surface area contributed by atoms with Crippen LogP contribution >= 0.6 is 0 Å². The maximum Gasteiger partial charge on any atom is 0.307 e. The van der Waals surface area contributed by atoms with Crippen molar-refractivity contribution in [2.45, 2.75) is 18.9 Å². The van der Waals surface area contributed by atoms with Gasteiger partial charge in [0.1, 0.15) is 0 Å². The molecule has 1 rings (SSSR count). The molecular weight excluding hydrogens is 270 g/mol. The average molecular weight is 286 g/mol. The zero-order valence-corrected chi connectivity index (χ0v) is 10.9. The van der Waals surface area contributed by atoms with Crippen LogP contribution in [-0.4, -0.2) is 25.5 Å². The fourth-order valence-electron chi connectivity index (χ4n) is 1.67. The van der Waals surface area contributed by atoms with Gasteiger partial charge in [0.15, 0.2) is 0 Å². The standard InChI is InChI=1S/C13H16F2N2O3/c1-20-12(19)6-10(17-11(18)7-16)8-3-2-4-9(5-8)13(14)15/h2-5,10,13H,6-7,16H2,1H3,(H,17,18)/t10-/m0/s1. The maximum atomic E-state index is 12.7. The molecule has 1 aromatic rings. The number of esters is 1. The van der Waals surface area contributed by atoms with E-state index in [4.69, 9.17) is 5.73 Å². The summed E-state index contributed by atoms with van der Waals surface area (Å²) in [5.41, 5.74) is 5.41.